The van der Waals surface area contributed by atoms with Crippen molar-refractivity contribution >= 4 is 5.91 Å². The summed E-state index contributed by atoms with van der Waals surface area (Å²) in [6, 6.07) is 1.31. The molecule has 0 aromatic rings. The van der Waals surface area contributed by atoms with Gasteiger partial charge in [0.25, 0.3) is 0 Å². The first-order valence-electron chi connectivity index (χ1n) is 9.22. The van der Waals surface area contributed by atoms with Crippen LogP contribution in [0, 0.1) is 17.8 Å². The summed E-state index contributed by atoms with van der Waals surface area (Å²) in [6.45, 7) is 15.6. The second-order valence-corrected chi connectivity index (χ2v) is 8.26. The highest BCUT2D eigenvalue weighted by atomic mass is 16.2. The molecular formula is C18H33N3O. The number of carbonyl (C=O) groups is 1. The summed E-state index contributed by atoms with van der Waals surface area (Å²) in [5.74, 6) is 2.41. The highest BCUT2D eigenvalue weighted by molar-refractivity contribution is 5.80. The molecule has 0 unspecified atom stereocenters. The van der Waals surface area contributed by atoms with Gasteiger partial charge in [-0.3, -0.25) is 14.6 Å². The van der Waals surface area contributed by atoms with E-state index >= 15 is 0 Å². The molecular weight excluding hydrogens is 274 g/mol. The maximum atomic E-state index is 12.5. The van der Waals surface area contributed by atoms with Crippen LogP contribution < -0.4 is 0 Å². The van der Waals surface area contributed by atoms with E-state index in [2.05, 4.69) is 42.4 Å². The molecule has 3 aliphatic rings. The van der Waals surface area contributed by atoms with Gasteiger partial charge in [-0.2, -0.15) is 0 Å². The van der Waals surface area contributed by atoms with Gasteiger partial charge in [-0.15, -0.1) is 0 Å². The van der Waals surface area contributed by atoms with Crippen molar-refractivity contribution in [3.05, 3.63) is 0 Å². The molecule has 0 saturated carbocycles. The monoisotopic (exact) mass is 307 g/mol. The molecule has 0 aromatic heterocycles. The molecule has 0 aromatic carbocycles. The third kappa shape index (κ3) is 3.18. The van der Waals surface area contributed by atoms with Gasteiger partial charge in [-0.25, -0.2) is 0 Å². The molecule has 0 N–H and O–H groups in total. The highest BCUT2D eigenvalue weighted by Crippen LogP contribution is 2.30. The molecule has 3 fully saturated rings. The minimum absolute atomic E-state index is 0.272. The summed E-state index contributed by atoms with van der Waals surface area (Å²) >= 11 is 0. The molecule has 4 nitrogen and oxygen atoms in total. The van der Waals surface area contributed by atoms with Gasteiger partial charge < -0.3 is 4.90 Å². The van der Waals surface area contributed by atoms with Crippen LogP contribution >= 0.6 is 0 Å². The molecule has 1 amide bonds. The molecule has 0 bridgehead atoms. The van der Waals surface area contributed by atoms with Crippen molar-refractivity contribution in [2.75, 3.05) is 39.3 Å². The predicted molar refractivity (Wildman–Crippen MR) is 89.7 cm³/mol. The van der Waals surface area contributed by atoms with Gasteiger partial charge in [0.2, 0.25) is 5.91 Å². The van der Waals surface area contributed by atoms with Crippen LogP contribution in [-0.2, 0) is 4.79 Å². The van der Waals surface area contributed by atoms with E-state index in [1.807, 2.05) is 0 Å². The number of rotatable bonds is 4. The summed E-state index contributed by atoms with van der Waals surface area (Å²) in [4.78, 5) is 19.7. The summed E-state index contributed by atoms with van der Waals surface area (Å²) < 4.78 is 0. The first-order chi connectivity index (χ1) is 10.5. The second-order valence-electron chi connectivity index (χ2n) is 8.26. The number of piperidine rings is 1. The molecule has 0 spiro atoms. The van der Waals surface area contributed by atoms with E-state index in [-0.39, 0.29) is 5.92 Å². The number of amides is 1. The Balaban J connectivity index is 1.38. The molecule has 3 rings (SSSR count). The van der Waals surface area contributed by atoms with Crippen LogP contribution in [0.15, 0.2) is 0 Å². The fourth-order valence-corrected chi connectivity index (χ4v) is 4.07. The third-order valence-electron chi connectivity index (χ3n) is 6.16. The Kier molecular flexibility index (Phi) is 4.79. The molecule has 3 heterocycles. The lowest BCUT2D eigenvalue weighted by molar-refractivity contribution is -0.144. The van der Waals surface area contributed by atoms with Crippen LogP contribution in [0.1, 0.15) is 40.5 Å². The number of hydrogen-bond acceptors (Lipinski definition) is 3. The van der Waals surface area contributed by atoms with Gasteiger partial charge in [0.05, 0.1) is 5.92 Å². The first kappa shape index (κ1) is 16.3. The van der Waals surface area contributed by atoms with E-state index in [1.54, 1.807) is 0 Å². The van der Waals surface area contributed by atoms with Gasteiger partial charge in [0.15, 0.2) is 0 Å². The SMILES string of the molecule is CC(C)C1CN(C2CCN(C(=O)C3CN(C(C)C)C3)CC2)C1. The van der Waals surface area contributed by atoms with Gasteiger partial charge in [0, 0.05) is 51.4 Å². The Morgan fingerprint density at radius 2 is 1.55 bits per heavy atom. The topological polar surface area (TPSA) is 26.8 Å². The maximum absolute atomic E-state index is 12.5. The molecule has 3 aliphatic heterocycles. The quantitative estimate of drug-likeness (QED) is 0.794. The Morgan fingerprint density at radius 3 is 2.05 bits per heavy atom. The van der Waals surface area contributed by atoms with E-state index in [9.17, 15) is 4.79 Å². The zero-order valence-corrected chi connectivity index (χ0v) is 14.8. The number of carbonyl (C=O) groups excluding carboxylic acids is 1. The smallest absolute Gasteiger partial charge is 0.228 e. The molecule has 0 atom stereocenters. The van der Waals surface area contributed by atoms with Crippen LogP contribution in [-0.4, -0.2) is 72.0 Å². The Morgan fingerprint density at radius 1 is 0.955 bits per heavy atom. The Hall–Kier alpha value is -0.610. The zero-order valence-electron chi connectivity index (χ0n) is 14.8. The van der Waals surface area contributed by atoms with Crippen molar-refractivity contribution < 1.29 is 4.79 Å². The van der Waals surface area contributed by atoms with Crippen molar-refractivity contribution in [1.82, 2.24) is 14.7 Å². The van der Waals surface area contributed by atoms with Crippen molar-refractivity contribution in [1.29, 1.82) is 0 Å². The van der Waals surface area contributed by atoms with Crippen molar-refractivity contribution in [3.8, 4) is 0 Å². The summed E-state index contributed by atoms with van der Waals surface area (Å²) in [6.07, 6.45) is 2.36. The van der Waals surface area contributed by atoms with E-state index in [1.165, 1.54) is 25.9 Å². The van der Waals surface area contributed by atoms with Crippen LogP contribution in [0.4, 0.5) is 0 Å². The normalized spacial score (nSPS) is 26.5. The number of hydrogen-bond donors (Lipinski definition) is 0. The fraction of sp³-hybridized carbons (Fsp3) is 0.944. The Labute approximate surface area is 135 Å². The van der Waals surface area contributed by atoms with Crippen molar-refractivity contribution in [2.45, 2.75) is 52.6 Å². The van der Waals surface area contributed by atoms with Crippen LogP contribution in [0.25, 0.3) is 0 Å². The molecule has 0 aliphatic carbocycles. The lowest BCUT2D eigenvalue weighted by atomic mass is 9.85. The molecule has 126 valence electrons. The lowest BCUT2D eigenvalue weighted by Crippen LogP contribution is -2.60. The van der Waals surface area contributed by atoms with E-state index in [0.29, 0.717) is 11.9 Å². The summed E-state index contributed by atoms with van der Waals surface area (Å²) in [5, 5.41) is 0. The summed E-state index contributed by atoms with van der Waals surface area (Å²) in [7, 11) is 0. The zero-order chi connectivity index (χ0) is 15.9. The van der Waals surface area contributed by atoms with Gasteiger partial charge in [0.1, 0.15) is 0 Å². The lowest BCUT2D eigenvalue weighted by Gasteiger charge is -2.49. The third-order valence-corrected chi connectivity index (χ3v) is 6.16. The van der Waals surface area contributed by atoms with E-state index in [4.69, 9.17) is 0 Å². The van der Waals surface area contributed by atoms with Crippen LogP contribution in [0.5, 0.6) is 0 Å². The minimum atomic E-state index is 0.272. The average Bonchev–Trinajstić information content (AvgIpc) is 2.34. The van der Waals surface area contributed by atoms with Crippen LogP contribution in [0.2, 0.25) is 0 Å². The Bertz CT molecular complexity index is 389. The summed E-state index contributed by atoms with van der Waals surface area (Å²) in [5.41, 5.74) is 0. The first-order valence-corrected chi connectivity index (χ1v) is 9.22. The average molecular weight is 307 g/mol. The fourth-order valence-electron chi connectivity index (χ4n) is 4.07. The van der Waals surface area contributed by atoms with Gasteiger partial charge >= 0.3 is 0 Å². The van der Waals surface area contributed by atoms with Crippen molar-refractivity contribution in [3.63, 3.8) is 0 Å². The predicted octanol–water partition coefficient (Wildman–Crippen LogP) is 1.91. The van der Waals surface area contributed by atoms with Crippen LogP contribution in [0.3, 0.4) is 0 Å². The molecule has 4 heteroatoms. The van der Waals surface area contributed by atoms with Gasteiger partial charge in [-0.05, 0) is 38.5 Å². The molecule has 0 radical (unpaired) electrons. The second kappa shape index (κ2) is 6.48. The minimum Gasteiger partial charge on any atom is -0.342 e. The van der Waals surface area contributed by atoms with Gasteiger partial charge in [-0.1, -0.05) is 13.8 Å². The number of nitrogens with zero attached hydrogens (tertiary/aromatic N) is 3. The molecule has 3 saturated heterocycles. The maximum Gasteiger partial charge on any atom is 0.228 e. The largest absolute Gasteiger partial charge is 0.342 e. The van der Waals surface area contributed by atoms with E-state index < -0.39 is 0 Å². The standard InChI is InChI=1S/C18H33N3O/c1-13(2)15-9-21(10-15)17-5-7-19(8-6-17)18(22)16-11-20(12-16)14(3)4/h13-17H,5-12H2,1-4H3. The highest BCUT2D eigenvalue weighted by Gasteiger charge is 2.39. The number of likely N-dealkylation sites (tertiary alicyclic amines) is 3. The molecule has 22 heavy (non-hydrogen) atoms. The van der Waals surface area contributed by atoms with Crippen molar-refractivity contribution in [2.24, 2.45) is 17.8 Å². The van der Waals surface area contributed by atoms with E-state index in [0.717, 1.165) is 44.1 Å².